The SMILES string of the molecule is COc1cc(OC)c(C2=CCN(S(=O)(=O)c3ccc4[nH]c(=O)[nH]c4c3)CC2)c(OC)c1. The molecular weight excluding hydrogens is 422 g/mol. The van der Waals surface area contributed by atoms with E-state index in [-0.39, 0.29) is 17.1 Å². The van der Waals surface area contributed by atoms with E-state index in [0.29, 0.717) is 41.2 Å². The molecule has 4 rings (SSSR count). The highest BCUT2D eigenvalue weighted by Crippen LogP contribution is 2.41. The maximum absolute atomic E-state index is 13.1. The van der Waals surface area contributed by atoms with Crippen LogP contribution in [0.5, 0.6) is 17.2 Å². The summed E-state index contributed by atoms with van der Waals surface area (Å²) in [6, 6.07) is 8.09. The average molecular weight is 445 g/mol. The zero-order chi connectivity index (χ0) is 22.2. The first-order valence-electron chi connectivity index (χ1n) is 9.59. The fourth-order valence-corrected chi connectivity index (χ4v) is 5.15. The van der Waals surface area contributed by atoms with Crippen LogP contribution in [0.3, 0.4) is 0 Å². The van der Waals surface area contributed by atoms with Gasteiger partial charge in [0.2, 0.25) is 10.0 Å². The Labute approximate surface area is 179 Å². The van der Waals surface area contributed by atoms with Gasteiger partial charge >= 0.3 is 5.69 Å². The van der Waals surface area contributed by atoms with Gasteiger partial charge in [0, 0.05) is 25.2 Å². The van der Waals surface area contributed by atoms with Crippen molar-refractivity contribution in [3.05, 3.63) is 52.5 Å². The molecule has 0 atom stereocenters. The molecule has 31 heavy (non-hydrogen) atoms. The normalized spacial score (nSPS) is 15.0. The summed E-state index contributed by atoms with van der Waals surface area (Å²) in [7, 11) is 0.982. The predicted octanol–water partition coefficient (Wildman–Crippen LogP) is 2.36. The second-order valence-corrected chi connectivity index (χ2v) is 8.97. The molecule has 10 heteroatoms. The van der Waals surface area contributed by atoms with Gasteiger partial charge in [0.25, 0.3) is 0 Å². The van der Waals surface area contributed by atoms with Gasteiger partial charge in [-0.2, -0.15) is 4.31 Å². The molecule has 0 unspecified atom stereocenters. The third kappa shape index (κ3) is 3.79. The second-order valence-electron chi connectivity index (χ2n) is 7.04. The van der Waals surface area contributed by atoms with Gasteiger partial charge in [0.1, 0.15) is 17.2 Å². The van der Waals surface area contributed by atoms with Crippen LogP contribution in [-0.2, 0) is 10.0 Å². The lowest BCUT2D eigenvalue weighted by molar-refractivity contribution is 0.372. The molecule has 0 saturated carbocycles. The molecule has 0 aliphatic carbocycles. The summed E-state index contributed by atoms with van der Waals surface area (Å²) in [5, 5.41) is 0. The number of sulfonamides is 1. The van der Waals surface area contributed by atoms with Gasteiger partial charge in [-0.25, -0.2) is 13.2 Å². The topological polar surface area (TPSA) is 114 Å². The van der Waals surface area contributed by atoms with Crippen LogP contribution in [0.1, 0.15) is 12.0 Å². The van der Waals surface area contributed by atoms with E-state index in [9.17, 15) is 13.2 Å². The van der Waals surface area contributed by atoms with E-state index < -0.39 is 10.0 Å². The number of aromatic amines is 2. The summed E-state index contributed by atoms with van der Waals surface area (Å²) in [6.07, 6.45) is 2.35. The Morgan fingerprint density at radius 1 is 0.935 bits per heavy atom. The van der Waals surface area contributed by atoms with Crippen molar-refractivity contribution in [3.63, 3.8) is 0 Å². The number of benzene rings is 2. The number of hydrogen-bond acceptors (Lipinski definition) is 6. The van der Waals surface area contributed by atoms with Crippen LogP contribution in [0.25, 0.3) is 16.6 Å². The highest BCUT2D eigenvalue weighted by molar-refractivity contribution is 7.89. The van der Waals surface area contributed by atoms with Crippen molar-refractivity contribution in [1.82, 2.24) is 14.3 Å². The van der Waals surface area contributed by atoms with E-state index >= 15 is 0 Å². The van der Waals surface area contributed by atoms with Gasteiger partial charge in [-0.1, -0.05) is 6.08 Å². The van der Waals surface area contributed by atoms with Crippen molar-refractivity contribution in [2.75, 3.05) is 34.4 Å². The number of H-pyrrole nitrogens is 2. The minimum Gasteiger partial charge on any atom is -0.496 e. The second kappa shape index (κ2) is 8.12. The zero-order valence-corrected chi connectivity index (χ0v) is 18.2. The Hall–Kier alpha value is -3.24. The van der Waals surface area contributed by atoms with Crippen LogP contribution in [0.2, 0.25) is 0 Å². The van der Waals surface area contributed by atoms with Crippen molar-refractivity contribution in [1.29, 1.82) is 0 Å². The molecule has 3 aromatic rings. The minimum absolute atomic E-state index is 0.131. The first-order valence-corrected chi connectivity index (χ1v) is 11.0. The van der Waals surface area contributed by atoms with Crippen molar-refractivity contribution in [2.24, 2.45) is 0 Å². The molecule has 2 N–H and O–H groups in total. The summed E-state index contributed by atoms with van der Waals surface area (Å²) >= 11 is 0. The number of fused-ring (bicyclic) bond motifs is 1. The maximum atomic E-state index is 13.1. The number of methoxy groups -OCH3 is 3. The van der Waals surface area contributed by atoms with Crippen molar-refractivity contribution in [3.8, 4) is 17.2 Å². The van der Waals surface area contributed by atoms with Gasteiger partial charge in [0.05, 0.1) is 42.8 Å². The molecule has 2 heterocycles. The predicted molar refractivity (Wildman–Crippen MR) is 116 cm³/mol. The molecule has 0 radical (unpaired) electrons. The van der Waals surface area contributed by atoms with Gasteiger partial charge in [-0.3, -0.25) is 0 Å². The first-order chi connectivity index (χ1) is 14.9. The van der Waals surface area contributed by atoms with Crippen molar-refractivity contribution in [2.45, 2.75) is 11.3 Å². The van der Waals surface area contributed by atoms with E-state index in [0.717, 1.165) is 11.1 Å². The largest absolute Gasteiger partial charge is 0.496 e. The fourth-order valence-electron chi connectivity index (χ4n) is 3.74. The number of aromatic nitrogens is 2. The summed E-state index contributed by atoms with van der Waals surface area (Å²) in [5.41, 5.74) is 2.36. The Kier molecular flexibility index (Phi) is 5.50. The third-order valence-corrected chi connectivity index (χ3v) is 7.19. The summed E-state index contributed by atoms with van der Waals surface area (Å²) in [4.78, 5) is 16.8. The van der Waals surface area contributed by atoms with Crippen LogP contribution in [0, 0.1) is 0 Å². The molecular formula is C21H23N3O6S. The molecule has 1 aliphatic rings. The molecule has 0 saturated heterocycles. The van der Waals surface area contributed by atoms with E-state index in [2.05, 4.69) is 9.97 Å². The Morgan fingerprint density at radius 3 is 2.19 bits per heavy atom. The smallest absolute Gasteiger partial charge is 0.323 e. The van der Waals surface area contributed by atoms with Crippen LogP contribution in [-0.4, -0.2) is 57.1 Å². The number of imidazole rings is 1. The first kappa shape index (κ1) is 21.0. The Balaban J connectivity index is 1.65. The summed E-state index contributed by atoms with van der Waals surface area (Å²) < 4.78 is 44.0. The molecule has 0 fully saturated rings. The fraction of sp³-hybridized carbons (Fsp3) is 0.286. The lowest BCUT2D eigenvalue weighted by Gasteiger charge is -2.27. The molecule has 1 aromatic heterocycles. The van der Waals surface area contributed by atoms with E-state index in [1.807, 2.05) is 6.08 Å². The molecule has 2 aromatic carbocycles. The van der Waals surface area contributed by atoms with Gasteiger partial charge in [-0.15, -0.1) is 0 Å². The van der Waals surface area contributed by atoms with Crippen molar-refractivity contribution >= 4 is 26.6 Å². The summed E-state index contributed by atoms with van der Waals surface area (Å²) in [6.45, 7) is 0.506. The van der Waals surface area contributed by atoms with Crippen LogP contribution >= 0.6 is 0 Å². The highest BCUT2D eigenvalue weighted by atomic mass is 32.2. The highest BCUT2D eigenvalue weighted by Gasteiger charge is 2.28. The van der Waals surface area contributed by atoms with Gasteiger partial charge in [0.15, 0.2) is 0 Å². The van der Waals surface area contributed by atoms with Crippen LogP contribution < -0.4 is 19.9 Å². The zero-order valence-electron chi connectivity index (χ0n) is 17.4. The molecule has 1 aliphatic heterocycles. The van der Waals surface area contributed by atoms with Gasteiger partial charge in [-0.05, 0) is 30.2 Å². The van der Waals surface area contributed by atoms with E-state index in [1.54, 1.807) is 39.5 Å². The monoisotopic (exact) mass is 445 g/mol. The van der Waals surface area contributed by atoms with Crippen LogP contribution in [0.15, 0.2) is 46.1 Å². The Morgan fingerprint density at radius 2 is 1.61 bits per heavy atom. The third-order valence-electron chi connectivity index (χ3n) is 5.33. The average Bonchev–Trinajstić information content (AvgIpc) is 3.17. The lowest BCUT2D eigenvalue weighted by atomic mass is 9.98. The molecule has 0 spiro atoms. The quantitative estimate of drug-likeness (QED) is 0.602. The lowest BCUT2D eigenvalue weighted by Crippen LogP contribution is -2.34. The van der Waals surface area contributed by atoms with Crippen LogP contribution in [0.4, 0.5) is 0 Å². The standard InChI is InChI=1S/C21H23N3O6S/c1-28-14-10-18(29-2)20(19(11-14)30-3)13-6-8-24(9-7-13)31(26,27)15-4-5-16-17(12-15)23-21(25)22-16/h4-6,10-12H,7-9H2,1-3H3,(H2,22,23,25). The number of ether oxygens (including phenoxy) is 3. The summed E-state index contributed by atoms with van der Waals surface area (Å²) in [5.74, 6) is 1.80. The van der Waals surface area contributed by atoms with E-state index in [4.69, 9.17) is 14.2 Å². The minimum atomic E-state index is -3.72. The van der Waals surface area contributed by atoms with Gasteiger partial charge < -0.3 is 24.2 Å². The number of hydrogen-bond donors (Lipinski definition) is 2. The number of nitrogens with one attached hydrogen (secondary N) is 2. The number of nitrogens with zero attached hydrogens (tertiary/aromatic N) is 1. The van der Waals surface area contributed by atoms with E-state index in [1.165, 1.54) is 16.4 Å². The molecule has 164 valence electrons. The maximum Gasteiger partial charge on any atom is 0.323 e. The molecule has 0 bridgehead atoms. The Bertz CT molecular complexity index is 1300. The van der Waals surface area contributed by atoms with Crippen molar-refractivity contribution < 1.29 is 22.6 Å². The molecule has 0 amide bonds. The molecule has 9 nitrogen and oxygen atoms in total. The number of rotatable bonds is 6.